The summed E-state index contributed by atoms with van der Waals surface area (Å²) in [5, 5.41) is 2.56. The zero-order valence-corrected chi connectivity index (χ0v) is 23.3. The molecular weight excluding hydrogens is 502 g/mol. The lowest BCUT2D eigenvalue weighted by atomic mass is 10.0. The molecule has 0 aliphatic rings. The van der Waals surface area contributed by atoms with E-state index in [4.69, 9.17) is 4.74 Å². The van der Waals surface area contributed by atoms with Crippen LogP contribution in [0.25, 0.3) is 33.1 Å². The Morgan fingerprint density at radius 1 is 0.750 bits per heavy atom. The number of aryl methyl sites for hydroxylation is 1. The maximum Gasteiger partial charge on any atom is 0.138 e. The van der Waals surface area contributed by atoms with Crippen molar-refractivity contribution >= 4 is 21.8 Å². The van der Waals surface area contributed by atoms with Crippen LogP contribution in [0, 0.1) is 11.6 Å². The van der Waals surface area contributed by atoms with Crippen molar-refractivity contribution in [3.05, 3.63) is 96.2 Å². The minimum absolute atomic E-state index is 0.146. The van der Waals surface area contributed by atoms with Crippen molar-refractivity contribution in [3.8, 4) is 17.0 Å². The molecule has 3 nitrogen and oxygen atoms in total. The monoisotopic (exact) mass is 540 g/mol. The van der Waals surface area contributed by atoms with Crippen LogP contribution in [0.4, 0.5) is 8.78 Å². The fraction of sp³-hybridized carbons (Fsp3) is 0.343. The van der Waals surface area contributed by atoms with E-state index in [1.165, 1.54) is 46.8 Å². The number of rotatable bonds is 14. The van der Waals surface area contributed by atoms with Gasteiger partial charge in [-0.2, -0.15) is 0 Å². The normalized spacial score (nSPS) is 11.5. The molecule has 5 heteroatoms. The second-order valence-electron chi connectivity index (χ2n) is 10.5. The molecule has 3 aromatic carbocycles. The zero-order chi connectivity index (χ0) is 27.7. The highest BCUT2D eigenvalue weighted by molar-refractivity contribution is 6.07. The van der Waals surface area contributed by atoms with Gasteiger partial charge in [0.05, 0.1) is 12.3 Å². The van der Waals surface area contributed by atoms with E-state index in [2.05, 4.69) is 65.0 Å². The van der Waals surface area contributed by atoms with Gasteiger partial charge < -0.3 is 9.30 Å². The predicted octanol–water partition coefficient (Wildman–Crippen LogP) is 9.90. The largest absolute Gasteiger partial charge is 0.493 e. The van der Waals surface area contributed by atoms with Crippen molar-refractivity contribution in [2.75, 3.05) is 6.61 Å². The lowest BCUT2D eigenvalue weighted by Crippen LogP contribution is -2.01. The van der Waals surface area contributed by atoms with Gasteiger partial charge in [0.25, 0.3) is 0 Å². The minimum Gasteiger partial charge on any atom is -0.493 e. The van der Waals surface area contributed by atoms with Gasteiger partial charge in [0.1, 0.15) is 17.4 Å². The van der Waals surface area contributed by atoms with Crippen LogP contribution in [-0.2, 0) is 13.0 Å². The first-order chi connectivity index (χ1) is 19.7. The van der Waals surface area contributed by atoms with Crippen molar-refractivity contribution in [1.29, 1.82) is 0 Å². The Kier molecular flexibility index (Phi) is 9.43. The van der Waals surface area contributed by atoms with Crippen molar-refractivity contribution in [2.45, 2.75) is 71.3 Å². The Labute approximate surface area is 235 Å². The molecule has 0 radical (unpaired) electrons. The first-order valence-corrected chi connectivity index (χ1v) is 14.7. The van der Waals surface area contributed by atoms with Crippen LogP contribution < -0.4 is 4.74 Å². The number of ether oxygens (including phenoxy) is 1. The maximum atomic E-state index is 15.5. The molecule has 0 unspecified atom stereocenters. The van der Waals surface area contributed by atoms with Crippen LogP contribution in [-0.4, -0.2) is 16.2 Å². The van der Waals surface area contributed by atoms with Crippen LogP contribution in [0.2, 0.25) is 0 Å². The van der Waals surface area contributed by atoms with Crippen molar-refractivity contribution in [2.24, 2.45) is 0 Å². The quantitative estimate of drug-likeness (QED) is 0.131. The molecular formula is C35H38F2N2O. The number of pyridine rings is 1. The third-order valence-corrected chi connectivity index (χ3v) is 7.70. The van der Waals surface area contributed by atoms with E-state index in [-0.39, 0.29) is 5.56 Å². The summed E-state index contributed by atoms with van der Waals surface area (Å²) in [6.07, 6.45) is 10.1. The summed E-state index contributed by atoms with van der Waals surface area (Å²) in [4.78, 5) is 4.34. The van der Waals surface area contributed by atoms with E-state index in [9.17, 15) is 4.39 Å². The summed E-state index contributed by atoms with van der Waals surface area (Å²) in [5.41, 5.74) is 3.44. The number of halogens is 2. The van der Waals surface area contributed by atoms with E-state index in [0.717, 1.165) is 45.1 Å². The first kappa shape index (κ1) is 27.8. The van der Waals surface area contributed by atoms with Crippen LogP contribution in [0.3, 0.4) is 0 Å². The van der Waals surface area contributed by atoms with Crippen molar-refractivity contribution < 1.29 is 13.5 Å². The van der Waals surface area contributed by atoms with Gasteiger partial charge in [0.15, 0.2) is 0 Å². The molecule has 0 bridgehead atoms. The average Bonchev–Trinajstić information content (AvgIpc) is 3.30. The van der Waals surface area contributed by atoms with Crippen molar-refractivity contribution in [1.82, 2.24) is 9.55 Å². The Bertz CT molecular complexity index is 1510. The SMILES string of the molecule is CCCCCCOc1ccnc(-c2ccc(F)c(CCCCCCn3c4ccccc4c4ccccc43)c2F)c1. The number of unbranched alkanes of at least 4 members (excludes halogenated alkanes) is 6. The molecule has 2 heterocycles. The Morgan fingerprint density at radius 3 is 2.20 bits per heavy atom. The molecule has 0 spiro atoms. The first-order valence-electron chi connectivity index (χ1n) is 14.7. The summed E-state index contributed by atoms with van der Waals surface area (Å²) in [7, 11) is 0. The topological polar surface area (TPSA) is 27.1 Å². The van der Waals surface area contributed by atoms with Gasteiger partial charge in [-0.15, -0.1) is 0 Å². The summed E-state index contributed by atoms with van der Waals surface area (Å²) in [5.74, 6) is -0.345. The van der Waals surface area contributed by atoms with E-state index >= 15 is 4.39 Å². The van der Waals surface area contributed by atoms with Gasteiger partial charge in [0, 0.05) is 51.7 Å². The van der Waals surface area contributed by atoms with Gasteiger partial charge >= 0.3 is 0 Å². The van der Waals surface area contributed by atoms with Gasteiger partial charge in [-0.1, -0.05) is 75.4 Å². The summed E-state index contributed by atoms with van der Waals surface area (Å²) >= 11 is 0. The zero-order valence-electron chi connectivity index (χ0n) is 23.3. The molecule has 0 aliphatic carbocycles. The third-order valence-electron chi connectivity index (χ3n) is 7.70. The van der Waals surface area contributed by atoms with E-state index in [1.807, 2.05) is 0 Å². The molecule has 0 N–H and O–H groups in total. The fourth-order valence-electron chi connectivity index (χ4n) is 5.56. The highest BCUT2D eigenvalue weighted by Crippen LogP contribution is 2.30. The fourth-order valence-corrected chi connectivity index (χ4v) is 5.56. The maximum absolute atomic E-state index is 15.5. The smallest absolute Gasteiger partial charge is 0.138 e. The third kappa shape index (κ3) is 6.35. The minimum atomic E-state index is -0.516. The summed E-state index contributed by atoms with van der Waals surface area (Å²) in [6, 6.07) is 23.4. The molecule has 5 aromatic rings. The van der Waals surface area contributed by atoms with Crippen molar-refractivity contribution in [3.63, 3.8) is 0 Å². The lowest BCUT2D eigenvalue weighted by molar-refractivity contribution is 0.305. The molecule has 0 saturated carbocycles. The van der Waals surface area contributed by atoms with Crippen LogP contribution in [0.1, 0.15) is 63.9 Å². The molecule has 0 atom stereocenters. The molecule has 0 fully saturated rings. The Morgan fingerprint density at radius 2 is 1.45 bits per heavy atom. The molecule has 208 valence electrons. The Balaban J connectivity index is 1.17. The highest BCUT2D eigenvalue weighted by Gasteiger charge is 2.16. The van der Waals surface area contributed by atoms with Gasteiger partial charge in [-0.05, 0) is 56.0 Å². The second-order valence-corrected chi connectivity index (χ2v) is 10.5. The summed E-state index contributed by atoms with van der Waals surface area (Å²) < 4.78 is 38.4. The predicted molar refractivity (Wildman–Crippen MR) is 161 cm³/mol. The number of para-hydroxylation sites is 2. The average molecular weight is 541 g/mol. The van der Waals surface area contributed by atoms with Crippen LogP contribution >= 0.6 is 0 Å². The number of aromatic nitrogens is 2. The van der Waals surface area contributed by atoms with E-state index < -0.39 is 11.6 Å². The van der Waals surface area contributed by atoms with E-state index in [1.54, 1.807) is 18.3 Å². The number of hydrogen-bond acceptors (Lipinski definition) is 2. The van der Waals surface area contributed by atoms with E-state index in [0.29, 0.717) is 30.0 Å². The second kappa shape index (κ2) is 13.6. The standard InChI is InChI=1S/C35H38F2N2O/c1-2-3-4-13-24-40-26-21-22-38-32(25-26)30-19-20-31(36)29(35(30)37)16-7-5-6-12-23-39-33-17-10-8-14-27(33)28-15-9-11-18-34(28)39/h8-11,14-15,17-22,25H,2-7,12-13,16,23-24H2,1H3. The molecule has 40 heavy (non-hydrogen) atoms. The molecule has 0 aliphatic heterocycles. The number of hydrogen-bond donors (Lipinski definition) is 0. The molecule has 0 amide bonds. The number of benzene rings is 3. The highest BCUT2D eigenvalue weighted by atomic mass is 19.1. The lowest BCUT2D eigenvalue weighted by Gasteiger charge is -2.11. The van der Waals surface area contributed by atoms with Gasteiger partial charge in [-0.25, -0.2) is 8.78 Å². The number of nitrogens with zero attached hydrogens (tertiary/aromatic N) is 2. The molecule has 0 saturated heterocycles. The van der Waals surface area contributed by atoms with Crippen LogP contribution in [0.15, 0.2) is 79.0 Å². The number of fused-ring (bicyclic) bond motifs is 3. The van der Waals surface area contributed by atoms with Crippen LogP contribution in [0.5, 0.6) is 5.75 Å². The molecule has 5 rings (SSSR count). The van der Waals surface area contributed by atoms with Gasteiger partial charge in [0.2, 0.25) is 0 Å². The summed E-state index contributed by atoms with van der Waals surface area (Å²) in [6.45, 7) is 3.72. The van der Waals surface area contributed by atoms with Gasteiger partial charge in [-0.3, -0.25) is 4.98 Å². The Hall–Kier alpha value is -3.73. The molecule has 2 aromatic heterocycles.